The van der Waals surface area contributed by atoms with Gasteiger partial charge in [-0.15, -0.1) is 0 Å². The van der Waals surface area contributed by atoms with Crippen LogP contribution in [0.4, 0.5) is 0 Å². The van der Waals surface area contributed by atoms with E-state index < -0.39 is 0 Å². The van der Waals surface area contributed by atoms with Gasteiger partial charge in [-0.3, -0.25) is 0 Å². The predicted octanol–water partition coefficient (Wildman–Crippen LogP) is 3.10. The van der Waals surface area contributed by atoms with Gasteiger partial charge in [-0.1, -0.05) is 43.0 Å². The van der Waals surface area contributed by atoms with Gasteiger partial charge in [0, 0.05) is 6.42 Å². The van der Waals surface area contributed by atoms with Crippen molar-refractivity contribution in [2.24, 2.45) is 0 Å². The Bertz CT molecular complexity index is 361. The molecule has 0 atom stereocenters. The van der Waals surface area contributed by atoms with Crippen LogP contribution in [0.3, 0.4) is 0 Å². The fraction of sp³-hybridized carbons (Fsp3) is 0.154. The molecule has 14 heavy (non-hydrogen) atoms. The molecule has 1 heteroatoms. The maximum Gasteiger partial charge on any atom is 0.124 e. The summed E-state index contributed by atoms with van der Waals surface area (Å²) in [5.41, 5.74) is 3.25. The standard InChI is InChI=1S/C13H14O/c1-3-5-13-10-11(8-9-14)6-7-12(13)4-2/h3-7,9-10H,2,8H2,1H3/b5-3-. The van der Waals surface area contributed by atoms with Crippen LogP contribution >= 0.6 is 0 Å². The van der Waals surface area contributed by atoms with Gasteiger partial charge in [-0.05, 0) is 23.6 Å². The summed E-state index contributed by atoms with van der Waals surface area (Å²) in [6, 6.07) is 5.96. The molecule has 0 saturated heterocycles. The van der Waals surface area contributed by atoms with Gasteiger partial charge in [-0.2, -0.15) is 0 Å². The smallest absolute Gasteiger partial charge is 0.124 e. The Labute approximate surface area is 84.8 Å². The van der Waals surface area contributed by atoms with Crippen molar-refractivity contribution in [1.29, 1.82) is 0 Å². The van der Waals surface area contributed by atoms with Crippen LogP contribution in [0.5, 0.6) is 0 Å². The molecule has 0 bridgehead atoms. The topological polar surface area (TPSA) is 17.1 Å². The highest BCUT2D eigenvalue weighted by atomic mass is 16.1. The molecular weight excluding hydrogens is 172 g/mol. The lowest BCUT2D eigenvalue weighted by atomic mass is 10.0. The van der Waals surface area contributed by atoms with Gasteiger partial charge in [0.15, 0.2) is 0 Å². The number of allylic oxidation sites excluding steroid dienone is 1. The Morgan fingerprint density at radius 2 is 2.14 bits per heavy atom. The molecule has 0 aliphatic heterocycles. The average Bonchev–Trinajstić information content (AvgIpc) is 2.19. The maximum absolute atomic E-state index is 10.4. The third-order valence-electron chi connectivity index (χ3n) is 2.04. The van der Waals surface area contributed by atoms with Gasteiger partial charge in [-0.25, -0.2) is 0 Å². The molecule has 1 nitrogen and oxygen atoms in total. The van der Waals surface area contributed by atoms with Crippen molar-refractivity contribution < 1.29 is 4.79 Å². The van der Waals surface area contributed by atoms with Crippen LogP contribution in [-0.4, -0.2) is 6.29 Å². The van der Waals surface area contributed by atoms with E-state index in [2.05, 4.69) is 6.58 Å². The first-order valence-electron chi connectivity index (χ1n) is 4.63. The molecule has 0 heterocycles. The first kappa shape index (κ1) is 10.5. The Balaban J connectivity index is 3.12. The summed E-state index contributed by atoms with van der Waals surface area (Å²) in [6.45, 7) is 5.72. The summed E-state index contributed by atoms with van der Waals surface area (Å²) >= 11 is 0. The first-order valence-corrected chi connectivity index (χ1v) is 4.63. The second-order valence-electron chi connectivity index (χ2n) is 3.04. The number of rotatable bonds is 4. The molecule has 0 spiro atoms. The van der Waals surface area contributed by atoms with Gasteiger partial charge in [0.1, 0.15) is 6.29 Å². The van der Waals surface area contributed by atoms with Crippen molar-refractivity contribution >= 4 is 18.4 Å². The van der Waals surface area contributed by atoms with E-state index in [1.807, 2.05) is 43.4 Å². The fourth-order valence-corrected chi connectivity index (χ4v) is 1.36. The van der Waals surface area contributed by atoms with E-state index >= 15 is 0 Å². The molecule has 0 aliphatic carbocycles. The zero-order valence-electron chi connectivity index (χ0n) is 8.36. The van der Waals surface area contributed by atoms with E-state index in [1.165, 1.54) is 0 Å². The second kappa shape index (κ2) is 5.18. The minimum atomic E-state index is 0.474. The molecule has 0 amide bonds. The lowest BCUT2D eigenvalue weighted by Crippen LogP contribution is -1.88. The molecule has 72 valence electrons. The molecule has 0 aliphatic rings. The molecule has 1 aromatic carbocycles. The molecule has 0 saturated carbocycles. The zero-order valence-corrected chi connectivity index (χ0v) is 8.36. The number of carbonyl (C=O) groups is 1. The molecule has 1 aromatic rings. The number of benzene rings is 1. The summed E-state index contributed by atoms with van der Waals surface area (Å²) in [6.07, 6.45) is 7.21. The zero-order chi connectivity index (χ0) is 10.4. The van der Waals surface area contributed by atoms with Gasteiger partial charge in [0.25, 0.3) is 0 Å². The molecule has 0 N–H and O–H groups in total. The highest BCUT2D eigenvalue weighted by Gasteiger charge is 1.97. The molecule has 0 aromatic heterocycles. The molecule has 0 fully saturated rings. The lowest BCUT2D eigenvalue weighted by molar-refractivity contribution is -0.107. The average molecular weight is 186 g/mol. The number of aldehydes is 1. The summed E-state index contributed by atoms with van der Waals surface area (Å²) in [5, 5.41) is 0. The predicted molar refractivity (Wildman–Crippen MR) is 61.0 cm³/mol. The highest BCUT2D eigenvalue weighted by molar-refractivity contribution is 5.66. The summed E-state index contributed by atoms with van der Waals surface area (Å²) in [4.78, 5) is 10.4. The van der Waals surface area contributed by atoms with E-state index in [4.69, 9.17) is 0 Å². The molecule has 0 radical (unpaired) electrons. The largest absolute Gasteiger partial charge is 0.303 e. The van der Waals surface area contributed by atoms with Crippen LogP contribution in [-0.2, 0) is 11.2 Å². The summed E-state index contributed by atoms with van der Waals surface area (Å²) in [5.74, 6) is 0. The van der Waals surface area contributed by atoms with Crippen molar-refractivity contribution in [2.45, 2.75) is 13.3 Å². The number of hydrogen-bond donors (Lipinski definition) is 0. The number of carbonyl (C=O) groups excluding carboxylic acids is 1. The van der Waals surface area contributed by atoms with Crippen LogP contribution < -0.4 is 0 Å². The van der Waals surface area contributed by atoms with Gasteiger partial charge in [0.2, 0.25) is 0 Å². The Morgan fingerprint density at radius 1 is 1.36 bits per heavy atom. The third-order valence-corrected chi connectivity index (χ3v) is 2.04. The van der Waals surface area contributed by atoms with Crippen LogP contribution in [0.25, 0.3) is 12.2 Å². The van der Waals surface area contributed by atoms with Crippen molar-refractivity contribution in [3.63, 3.8) is 0 Å². The van der Waals surface area contributed by atoms with Crippen LogP contribution in [0.2, 0.25) is 0 Å². The SMILES string of the molecule is C=Cc1ccc(CC=O)cc1/C=C\C. The van der Waals surface area contributed by atoms with E-state index in [0.29, 0.717) is 6.42 Å². The monoisotopic (exact) mass is 186 g/mol. The second-order valence-corrected chi connectivity index (χ2v) is 3.04. The van der Waals surface area contributed by atoms with E-state index in [-0.39, 0.29) is 0 Å². The van der Waals surface area contributed by atoms with E-state index in [1.54, 1.807) is 0 Å². The first-order chi connectivity index (χ1) is 6.81. The molecule has 1 rings (SSSR count). The molecule has 0 unspecified atom stereocenters. The Morgan fingerprint density at radius 3 is 2.71 bits per heavy atom. The minimum absolute atomic E-state index is 0.474. The van der Waals surface area contributed by atoms with Crippen LogP contribution in [0.15, 0.2) is 30.9 Å². The third kappa shape index (κ3) is 2.43. The van der Waals surface area contributed by atoms with Gasteiger partial charge >= 0.3 is 0 Å². The Kier molecular flexibility index (Phi) is 3.86. The molecular formula is C13H14O. The summed E-state index contributed by atoms with van der Waals surface area (Å²) < 4.78 is 0. The normalized spacial score (nSPS) is 10.4. The van der Waals surface area contributed by atoms with E-state index in [0.717, 1.165) is 23.0 Å². The lowest BCUT2D eigenvalue weighted by Gasteiger charge is -2.03. The van der Waals surface area contributed by atoms with Crippen molar-refractivity contribution in [2.75, 3.05) is 0 Å². The van der Waals surface area contributed by atoms with Crippen LogP contribution in [0.1, 0.15) is 23.6 Å². The van der Waals surface area contributed by atoms with Gasteiger partial charge < -0.3 is 4.79 Å². The van der Waals surface area contributed by atoms with Crippen molar-refractivity contribution in [3.8, 4) is 0 Å². The number of hydrogen-bond acceptors (Lipinski definition) is 1. The maximum atomic E-state index is 10.4. The highest BCUT2D eigenvalue weighted by Crippen LogP contribution is 2.15. The fourth-order valence-electron chi connectivity index (χ4n) is 1.36. The van der Waals surface area contributed by atoms with Crippen molar-refractivity contribution in [1.82, 2.24) is 0 Å². The van der Waals surface area contributed by atoms with E-state index in [9.17, 15) is 4.79 Å². The minimum Gasteiger partial charge on any atom is -0.303 e. The summed E-state index contributed by atoms with van der Waals surface area (Å²) in [7, 11) is 0. The van der Waals surface area contributed by atoms with Crippen LogP contribution in [0, 0.1) is 0 Å². The quantitative estimate of drug-likeness (QED) is 0.660. The Hall–Kier alpha value is -1.63. The van der Waals surface area contributed by atoms with Crippen molar-refractivity contribution in [3.05, 3.63) is 47.5 Å². The van der Waals surface area contributed by atoms with Gasteiger partial charge in [0.05, 0.1) is 0 Å².